The molecule has 3 nitrogen and oxygen atoms in total. The third-order valence-electron chi connectivity index (χ3n) is 5.54. The highest BCUT2D eigenvalue weighted by atomic mass is 19.1. The van der Waals surface area contributed by atoms with Crippen LogP contribution in [0.5, 0.6) is 5.75 Å². The van der Waals surface area contributed by atoms with Gasteiger partial charge in [-0.05, 0) is 66.1 Å². The first-order valence-electron chi connectivity index (χ1n) is 11.3. The first-order chi connectivity index (χ1) is 15.5. The summed E-state index contributed by atoms with van der Waals surface area (Å²) in [5.41, 5.74) is 3.34. The van der Waals surface area contributed by atoms with Gasteiger partial charge in [0.15, 0.2) is 0 Å². The molecule has 32 heavy (non-hydrogen) atoms. The van der Waals surface area contributed by atoms with Gasteiger partial charge in [-0.1, -0.05) is 68.4 Å². The quantitative estimate of drug-likeness (QED) is 0.302. The Bertz CT molecular complexity index is 939. The third kappa shape index (κ3) is 7.23. The predicted molar refractivity (Wildman–Crippen MR) is 127 cm³/mol. The minimum Gasteiger partial charge on any atom is -0.489 e. The molecule has 0 spiro atoms. The lowest BCUT2D eigenvalue weighted by molar-refractivity contribution is -0.120. The smallest absolute Gasteiger partial charge is 0.210 e. The van der Waals surface area contributed by atoms with Crippen molar-refractivity contribution >= 4 is 6.41 Å². The molecule has 1 amide bonds. The highest BCUT2D eigenvalue weighted by Crippen LogP contribution is 2.27. The highest BCUT2D eigenvalue weighted by Gasteiger charge is 2.20. The first-order valence-corrected chi connectivity index (χ1v) is 11.3. The number of carbonyl (C=O) groups is 1. The molecule has 1 atom stereocenters. The number of benzene rings is 3. The fraction of sp³-hybridized carbons (Fsp3) is 0.321. The van der Waals surface area contributed by atoms with Gasteiger partial charge in [0.1, 0.15) is 18.2 Å². The average Bonchev–Trinajstić information content (AvgIpc) is 2.81. The van der Waals surface area contributed by atoms with E-state index in [1.54, 1.807) is 12.1 Å². The maximum atomic E-state index is 13.4. The maximum absolute atomic E-state index is 13.4. The fourth-order valence-electron chi connectivity index (χ4n) is 3.83. The molecule has 3 aromatic rings. The van der Waals surface area contributed by atoms with Crippen LogP contribution in [0.2, 0.25) is 0 Å². The molecule has 1 unspecified atom stereocenters. The number of ether oxygens (including phenoxy) is 1. The number of para-hydroxylation sites is 1. The Morgan fingerprint density at radius 2 is 1.56 bits per heavy atom. The predicted octanol–water partition coefficient (Wildman–Crippen LogP) is 6.58. The molecular weight excluding hydrogens is 401 g/mol. The van der Waals surface area contributed by atoms with Crippen LogP contribution in [0.25, 0.3) is 0 Å². The third-order valence-corrected chi connectivity index (χ3v) is 5.54. The Kier molecular flexibility index (Phi) is 8.85. The Morgan fingerprint density at radius 3 is 2.19 bits per heavy atom. The summed E-state index contributed by atoms with van der Waals surface area (Å²) in [5.74, 6) is 1.04. The number of carbonyl (C=O) groups excluding carboxylic acids is 1. The Morgan fingerprint density at radius 1 is 0.906 bits per heavy atom. The van der Waals surface area contributed by atoms with Crippen LogP contribution in [0.1, 0.15) is 49.4 Å². The summed E-state index contributed by atoms with van der Waals surface area (Å²) < 4.78 is 19.2. The van der Waals surface area contributed by atoms with Gasteiger partial charge in [-0.2, -0.15) is 0 Å². The molecule has 0 N–H and O–H groups in total. The second-order valence-corrected chi connectivity index (χ2v) is 8.56. The van der Waals surface area contributed by atoms with E-state index in [0.717, 1.165) is 42.5 Å². The molecule has 0 heterocycles. The summed E-state index contributed by atoms with van der Waals surface area (Å²) in [6.45, 7) is 5.49. The topological polar surface area (TPSA) is 29.5 Å². The van der Waals surface area contributed by atoms with Crippen molar-refractivity contribution in [2.75, 3.05) is 6.54 Å². The average molecular weight is 434 g/mol. The van der Waals surface area contributed by atoms with E-state index >= 15 is 0 Å². The van der Waals surface area contributed by atoms with Crippen molar-refractivity contribution in [3.63, 3.8) is 0 Å². The van der Waals surface area contributed by atoms with Crippen molar-refractivity contribution in [3.05, 3.63) is 101 Å². The van der Waals surface area contributed by atoms with Crippen molar-refractivity contribution in [1.82, 2.24) is 4.90 Å². The molecular formula is C28H32FNO2. The summed E-state index contributed by atoms with van der Waals surface area (Å²) in [6, 6.07) is 24.7. The van der Waals surface area contributed by atoms with Crippen LogP contribution in [0, 0.1) is 11.7 Å². The Hall–Kier alpha value is -3.14. The fourth-order valence-corrected chi connectivity index (χ4v) is 3.83. The lowest BCUT2D eigenvalue weighted by Gasteiger charge is -2.30. The standard InChI is InChI=1S/C28H32FNO2/c1-22(2)19-28(25-14-16-26(29)17-15-25)30(21-31)18-6-7-23-10-12-24(13-11-23)20-32-27-8-4-3-5-9-27/h3-5,8-17,21-22,28H,6-7,18-20H2,1-2H3. The molecule has 0 aliphatic rings. The normalized spacial score (nSPS) is 11.9. The van der Waals surface area contributed by atoms with Gasteiger partial charge in [-0.15, -0.1) is 0 Å². The monoisotopic (exact) mass is 433 g/mol. The molecule has 0 aromatic heterocycles. The van der Waals surface area contributed by atoms with Crippen LogP contribution in [-0.2, 0) is 17.8 Å². The van der Waals surface area contributed by atoms with Gasteiger partial charge in [0, 0.05) is 6.54 Å². The van der Waals surface area contributed by atoms with E-state index in [-0.39, 0.29) is 11.9 Å². The van der Waals surface area contributed by atoms with Crippen molar-refractivity contribution < 1.29 is 13.9 Å². The van der Waals surface area contributed by atoms with E-state index in [1.807, 2.05) is 35.2 Å². The maximum Gasteiger partial charge on any atom is 0.210 e. The van der Waals surface area contributed by atoms with Crippen molar-refractivity contribution in [1.29, 1.82) is 0 Å². The molecule has 0 radical (unpaired) electrons. The number of hydrogen-bond acceptors (Lipinski definition) is 2. The van der Waals surface area contributed by atoms with Gasteiger partial charge in [-0.3, -0.25) is 4.79 Å². The molecule has 0 saturated heterocycles. The number of nitrogens with zero attached hydrogens (tertiary/aromatic N) is 1. The van der Waals surface area contributed by atoms with Crippen LogP contribution in [0.3, 0.4) is 0 Å². The zero-order valence-electron chi connectivity index (χ0n) is 18.9. The summed E-state index contributed by atoms with van der Waals surface area (Å²) in [6.07, 6.45) is 3.54. The molecule has 0 aliphatic carbocycles. The van der Waals surface area contributed by atoms with Crippen LogP contribution in [-0.4, -0.2) is 17.9 Å². The zero-order chi connectivity index (χ0) is 22.8. The lowest BCUT2D eigenvalue weighted by Crippen LogP contribution is -2.30. The van der Waals surface area contributed by atoms with E-state index in [2.05, 4.69) is 38.1 Å². The lowest BCUT2D eigenvalue weighted by atomic mass is 9.95. The van der Waals surface area contributed by atoms with Crippen molar-refractivity contribution in [3.8, 4) is 5.75 Å². The van der Waals surface area contributed by atoms with Crippen molar-refractivity contribution in [2.45, 2.75) is 45.8 Å². The minimum atomic E-state index is -0.257. The summed E-state index contributed by atoms with van der Waals surface area (Å²) in [4.78, 5) is 13.7. The summed E-state index contributed by atoms with van der Waals surface area (Å²) in [5, 5.41) is 0. The number of rotatable bonds is 12. The Balaban J connectivity index is 1.53. The van der Waals surface area contributed by atoms with Crippen LogP contribution < -0.4 is 4.74 Å². The molecule has 0 saturated carbocycles. The second-order valence-electron chi connectivity index (χ2n) is 8.56. The van der Waals surface area contributed by atoms with Gasteiger partial charge in [0.2, 0.25) is 6.41 Å². The Labute approximate surface area is 190 Å². The molecule has 4 heteroatoms. The van der Waals surface area contributed by atoms with E-state index in [4.69, 9.17) is 4.74 Å². The number of amides is 1. The SMILES string of the molecule is CC(C)CC(c1ccc(F)cc1)N(C=O)CCCc1ccc(COc2ccccc2)cc1. The van der Waals surface area contributed by atoms with Crippen LogP contribution in [0.15, 0.2) is 78.9 Å². The first kappa shape index (κ1) is 23.5. The summed E-state index contributed by atoms with van der Waals surface area (Å²) >= 11 is 0. The molecule has 168 valence electrons. The van der Waals surface area contributed by atoms with E-state index in [9.17, 15) is 9.18 Å². The van der Waals surface area contributed by atoms with Crippen molar-refractivity contribution in [2.24, 2.45) is 5.92 Å². The highest BCUT2D eigenvalue weighted by molar-refractivity contribution is 5.49. The molecule has 3 aromatic carbocycles. The number of halogens is 1. The zero-order valence-corrected chi connectivity index (χ0v) is 18.9. The van der Waals surface area contributed by atoms with E-state index in [0.29, 0.717) is 19.1 Å². The van der Waals surface area contributed by atoms with Gasteiger partial charge < -0.3 is 9.64 Å². The number of aryl methyl sites for hydroxylation is 1. The van der Waals surface area contributed by atoms with Crippen LogP contribution >= 0.6 is 0 Å². The summed E-state index contributed by atoms with van der Waals surface area (Å²) in [7, 11) is 0. The van der Waals surface area contributed by atoms with E-state index < -0.39 is 0 Å². The van der Waals surface area contributed by atoms with Crippen LogP contribution in [0.4, 0.5) is 4.39 Å². The largest absolute Gasteiger partial charge is 0.489 e. The van der Waals surface area contributed by atoms with Gasteiger partial charge >= 0.3 is 0 Å². The molecule has 0 aliphatic heterocycles. The minimum absolute atomic E-state index is 0.0365. The van der Waals surface area contributed by atoms with Gasteiger partial charge in [0.05, 0.1) is 6.04 Å². The second kappa shape index (κ2) is 12.0. The van der Waals surface area contributed by atoms with Gasteiger partial charge in [-0.25, -0.2) is 4.39 Å². The van der Waals surface area contributed by atoms with Gasteiger partial charge in [0.25, 0.3) is 0 Å². The molecule has 0 fully saturated rings. The van der Waals surface area contributed by atoms with E-state index in [1.165, 1.54) is 17.7 Å². The molecule has 3 rings (SSSR count). The molecule has 0 bridgehead atoms. The number of hydrogen-bond donors (Lipinski definition) is 0.